The van der Waals surface area contributed by atoms with Gasteiger partial charge >= 0.3 is 23.9 Å². The van der Waals surface area contributed by atoms with Crippen molar-refractivity contribution in [1.29, 1.82) is 0 Å². The van der Waals surface area contributed by atoms with E-state index in [2.05, 4.69) is 13.2 Å². The summed E-state index contributed by atoms with van der Waals surface area (Å²) in [7, 11) is 0. The molecule has 1 N–H and O–H groups in total. The van der Waals surface area contributed by atoms with Gasteiger partial charge < -0.3 is 28.8 Å². The van der Waals surface area contributed by atoms with E-state index in [1.807, 2.05) is 0 Å². The number of alkyl halides is 1. The monoisotopic (exact) mass is 540 g/mol. The normalized spacial score (nSPS) is 44.9. The van der Waals surface area contributed by atoms with Crippen molar-refractivity contribution in [3.8, 4) is 0 Å². The van der Waals surface area contributed by atoms with Crippen molar-refractivity contribution in [2.75, 3.05) is 0 Å². The Kier molecular flexibility index (Phi) is 7.01. The molecule has 0 amide bonds. The zero-order chi connectivity index (χ0) is 27.6. The van der Waals surface area contributed by atoms with Gasteiger partial charge in [0, 0.05) is 26.7 Å². The molecule has 0 aromatic rings. The second-order valence-corrected chi connectivity index (χ2v) is 11.1. The van der Waals surface area contributed by atoms with Crippen molar-refractivity contribution in [2.45, 2.75) is 95.1 Å². The molecular formula is C26H33ClO10. The van der Waals surface area contributed by atoms with Crippen molar-refractivity contribution in [2.24, 2.45) is 17.3 Å². The van der Waals surface area contributed by atoms with Crippen molar-refractivity contribution in [1.82, 2.24) is 0 Å². The van der Waals surface area contributed by atoms with Crippen molar-refractivity contribution < 1.29 is 48.0 Å². The van der Waals surface area contributed by atoms with Crippen LogP contribution in [-0.4, -0.2) is 76.6 Å². The van der Waals surface area contributed by atoms with Gasteiger partial charge in [0.25, 0.3) is 0 Å². The van der Waals surface area contributed by atoms with Gasteiger partial charge in [-0.2, -0.15) is 0 Å². The van der Waals surface area contributed by atoms with Gasteiger partial charge in [-0.1, -0.05) is 25.7 Å². The second kappa shape index (κ2) is 9.39. The largest absolute Gasteiger partial charge is 0.462 e. The lowest BCUT2D eigenvalue weighted by Gasteiger charge is -2.61. The zero-order valence-corrected chi connectivity index (χ0v) is 22.3. The third kappa shape index (κ3) is 3.99. The molecule has 0 aromatic heterocycles. The number of rotatable bonds is 3. The summed E-state index contributed by atoms with van der Waals surface area (Å²) in [5, 5.41) is 11.2. The molecule has 4 aliphatic rings. The fourth-order valence-electron chi connectivity index (χ4n) is 6.82. The van der Waals surface area contributed by atoms with Gasteiger partial charge in [0.15, 0.2) is 18.3 Å². The van der Waals surface area contributed by atoms with Gasteiger partial charge in [0.05, 0.1) is 22.8 Å². The predicted octanol–water partition coefficient (Wildman–Crippen LogP) is 1.99. The highest BCUT2D eigenvalue weighted by molar-refractivity contribution is 6.23. The van der Waals surface area contributed by atoms with Crippen LogP contribution in [0.25, 0.3) is 0 Å². The van der Waals surface area contributed by atoms with Gasteiger partial charge in [0.1, 0.15) is 17.8 Å². The number of aliphatic hydroxyl groups excluding tert-OH is 1. The molecule has 10 nitrogen and oxygen atoms in total. The fraction of sp³-hybridized carbons (Fsp3) is 0.692. The molecule has 0 aromatic carbocycles. The number of carbonyl (C=O) groups excluding carboxylic acids is 4. The van der Waals surface area contributed by atoms with Gasteiger partial charge in [-0.25, -0.2) is 0 Å². The number of hydrogen-bond acceptors (Lipinski definition) is 10. The molecule has 3 saturated heterocycles. The third-order valence-electron chi connectivity index (χ3n) is 8.46. The molecular weight excluding hydrogens is 508 g/mol. The SMILES string of the molecule is C=C1C(Cl)C2OC(=O)C(C)C23OC1C(OC(C)=O)C(OC(C)=O)C1(C)C(OC(C)=O)CCC(=C)C1C3O. The van der Waals surface area contributed by atoms with E-state index in [-0.39, 0.29) is 5.57 Å². The highest BCUT2D eigenvalue weighted by Crippen LogP contribution is 2.60. The lowest BCUT2D eigenvalue weighted by molar-refractivity contribution is -0.291. The number of fused-ring (bicyclic) bond motifs is 2. The van der Waals surface area contributed by atoms with E-state index in [0.717, 1.165) is 0 Å². The van der Waals surface area contributed by atoms with E-state index < -0.39 is 88.7 Å². The van der Waals surface area contributed by atoms with Crippen LogP contribution >= 0.6 is 11.6 Å². The molecule has 1 spiro atoms. The summed E-state index contributed by atoms with van der Waals surface area (Å²) in [4.78, 5) is 49.9. The lowest BCUT2D eigenvalue weighted by atomic mass is 9.53. The third-order valence-corrected chi connectivity index (χ3v) is 8.97. The summed E-state index contributed by atoms with van der Waals surface area (Å²) >= 11 is 6.78. The molecule has 3 heterocycles. The molecule has 11 heteroatoms. The van der Waals surface area contributed by atoms with E-state index >= 15 is 0 Å². The summed E-state index contributed by atoms with van der Waals surface area (Å²) in [5.41, 5.74) is -2.26. The highest BCUT2D eigenvalue weighted by atomic mass is 35.5. The molecule has 37 heavy (non-hydrogen) atoms. The van der Waals surface area contributed by atoms with E-state index in [0.29, 0.717) is 18.4 Å². The highest BCUT2D eigenvalue weighted by Gasteiger charge is 2.74. The Hall–Kier alpha value is -2.43. The number of aliphatic hydroxyl groups is 1. The molecule has 204 valence electrons. The number of carbonyl (C=O) groups is 4. The van der Waals surface area contributed by atoms with Gasteiger partial charge in [-0.05, 0) is 25.3 Å². The van der Waals surface area contributed by atoms with Crippen LogP contribution in [0.4, 0.5) is 0 Å². The van der Waals surface area contributed by atoms with Crippen LogP contribution in [0.2, 0.25) is 0 Å². The van der Waals surface area contributed by atoms with E-state index in [9.17, 15) is 24.3 Å². The quantitative estimate of drug-likeness (QED) is 0.245. The summed E-state index contributed by atoms with van der Waals surface area (Å²) in [6, 6.07) is 0. The summed E-state index contributed by atoms with van der Waals surface area (Å²) in [6.45, 7) is 15.1. The van der Waals surface area contributed by atoms with Crippen molar-refractivity contribution >= 4 is 35.5 Å². The van der Waals surface area contributed by atoms with Crippen LogP contribution < -0.4 is 0 Å². The molecule has 0 radical (unpaired) electrons. The van der Waals surface area contributed by atoms with Crippen LogP contribution in [0.15, 0.2) is 24.3 Å². The topological polar surface area (TPSA) is 135 Å². The minimum atomic E-state index is -1.68. The molecule has 3 aliphatic heterocycles. The molecule has 11 unspecified atom stereocenters. The predicted molar refractivity (Wildman–Crippen MR) is 128 cm³/mol. The van der Waals surface area contributed by atoms with E-state index in [1.165, 1.54) is 20.8 Å². The van der Waals surface area contributed by atoms with Crippen LogP contribution in [-0.2, 0) is 42.9 Å². The van der Waals surface area contributed by atoms with E-state index in [4.69, 9.17) is 35.3 Å². The van der Waals surface area contributed by atoms with Gasteiger partial charge in [0.2, 0.25) is 0 Å². The first-order chi connectivity index (χ1) is 17.2. The summed E-state index contributed by atoms with van der Waals surface area (Å²) in [5.74, 6) is -4.51. The first-order valence-corrected chi connectivity index (χ1v) is 12.7. The molecule has 4 fully saturated rings. The maximum atomic E-state index is 12.9. The summed E-state index contributed by atoms with van der Waals surface area (Å²) < 4.78 is 29.5. The Morgan fingerprint density at radius 1 is 1.08 bits per heavy atom. The Balaban J connectivity index is 2.04. The van der Waals surface area contributed by atoms with E-state index in [1.54, 1.807) is 13.8 Å². The van der Waals surface area contributed by atoms with Crippen LogP contribution in [0.1, 0.15) is 47.5 Å². The minimum absolute atomic E-state index is 0.223. The van der Waals surface area contributed by atoms with Crippen LogP contribution in [0.5, 0.6) is 0 Å². The standard InChI is InChI=1S/C26H33ClO10/c1-10-8-9-16(33-13(4)28)25(7)17(10)21(31)26-12(3)24(32)36-22(26)18(27)11(2)19(37-26)20(34-14(5)29)23(25)35-15(6)30/h12,16-23,31H,1-2,8-9H2,3-7H3. The smallest absolute Gasteiger partial charge is 0.312 e. The lowest BCUT2D eigenvalue weighted by Crippen LogP contribution is -2.74. The fourth-order valence-corrected chi connectivity index (χ4v) is 7.19. The average Bonchev–Trinajstić information content (AvgIpc) is 3.05. The Labute approximate surface area is 220 Å². The van der Waals surface area contributed by atoms with Gasteiger partial charge in [-0.3, -0.25) is 19.2 Å². The number of ether oxygens (including phenoxy) is 5. The second-order valence-electron chi connectivity index (χ2n) is 10.6. The Bertz CT molecular complexity index is 1060. The minimum Gasteiger partial charge on any atom is -0.462 e. The number of hydrogen-bond donors (Lipinski definition) is 1. The molecule has 11 atom stereocenters. The summed E-state index contributed by atoms with van der Waals surface area (Å²) in [6.07, 6.45) is -6.53. The molecule has 1 saturated carbocycles. The zero-order valence-electron chi connectivity index (χ0n) is 21.5. The maximum Gasteiger partial charge on any atom is 0.312 e. The molecule has 4 rings (SSSR count). The van der Waals surface area contributed by atoms with Gasteiger partial charge in [-0.15, -0.1) is 11.6 Å². The average molecular weight is 541 g/mol. The number of halogens is 1. The Morgan fingerprint density at radius 3 is 2.24 bits per heavy atom. The molecule has 1 aliphatic carbocycles. The Morgan fingerprint density at radius 2 is 1.68 bits per heavy atom. The van der Waals surface area contributed by atoms with Crippen LogP contribution in [0.3, 0.4) is 0 Å². The van der Waals surface area contributed by atoms with Crippen LogP contribution in [0, 0.1) is 17.3 Å². The first-order valence-electron chi connectivity index (χ1n) is 12.3. The maximum absolute atomic E-state index is 12.9. The molecule has 2 bridgehead atoms. The van der Waals surface area contributed by atoms with Crippen molar-refractivity contribution in [3.05, 3.63) is 24.3 Å². The number of esters is 4. The van der Waals surface area contributed by atoms with Crippen molar-refractivity contribution in [3.63, 3.8) is 0 Å². The first kappa shape index (κ1) is 27.6.